The number of benzene rings is 2. The van der Waals surface area contributed by atoms with Crippen LogP contribution in [0.2, 0.25) is 0 Å². The van der Waals surface area contributed by atoms with Crippen molar-refractivity contribution in [3.05, 3.63) is 48.0 Å². The van der Waals surface area contributed by atoms with Crippen molar-refractivity contribution in [1.29, 1.82) is 0 Å². The van der Waals surface area contributed by atoms with E-state index in [4.69, 9.17) is 0 Å². The van der Waals surface area contributed by atoms with Gasteiger partial charge in [0.1, 0.15) is 0 Å². The molecule has 0 unspecified atom stereocenters. The number of amides is 1. The van der Waals surface area contributed by atoms with Gasteiger partial charge in [0.2, 0.25) is 5.91 Å². The van der Waals surface area contributed by atoms with Crippen LogP contribution in [0.1, 0.15) is 12.0 Å². The molecule has 2 aromatic carbocycles. The fourth-order valence-electron chi connectivity index (χ4n) is 3.02. The van der Waals surface area contributed by atoms with Gasteiger partial charge in [-0.1, -0.05) is 42.5 Å². The average Bonchev–Trinajstić information content (AvgIpc) is 2.87. The number of hydrogen-bond donors (Lipinski definition) is 0. The van der Waals surface area contributed by atoms with Crippen LogP contribution < -0.4 is 0 Å². The van der Waals surface area contributed by atoms with Gasteiger partial charge in [-0.3, -0.25) is 4.79 Å². The van der Waals surface area contributed by atoms with Gasteiger partial charge in [0.05, 0.1) is 17.9 Å². The minimum Gasteiger partial charge on any atom is -0.341 e. The molecule has 0 bridgehead atoms. The van der Waals surface area contributed by atoms with Gasteiger partial charge in [-0.25, -0.2) is 8.42 Å². The first-order valence-corrected chi connectivity index (χ1v) is 9.21. The molecule has 116 valence electrons. The van der Waals surface area contributed by atoms with E-state index >= 15 is 0 Å². The third-order valence-electron chi connectivity index (χ3n) is 4.37. The number of sulfone groups is 1. The van der Waals surface area contributed by atoms with Crippen molar-refractivity contribution in [2.45, 2.75) is 18.9 Å². The molecule has 1 atom stereocenters. The van der Waals surface area contributed by atoms with E-state index in [1.54, 1.807) is 11.9 Å². The Morgan fingerprint density at radius 1 is 1.18 bits per heavy atom. The third kappa shape index (κ3) is 2.99. The van der Waals surface area contributed by atoms with E-state index in [2.05, 4.69) is 0 Å². The molecule has 1 aliphatic rings. The van der Waals surface area contributed by atoms with Crippen LogP contribution in [0.3, 0.4) is 0 Å². The fraction of sp³-hybridized carbons (Fsp3) is 0.353. The molecule has 1 fully saturated rings. The van der Waals surface area contributed by atoms with Gasteiger partial charge in [0, 0.05) is 13.1 Å². The van der Waals surface area contributed by atoms with Crippen molar-refractivity contribution in [2.75, 3.05) is 18.6 Å². The summed E-state index contributed by atoms with van der Waals surface area (Å²) in [5.74, 6) is 0.243. The number of likely N-dealkylation sites (N-methyl/N-ethyl adjacent to an activating group) is 1. The van der Waals surface area contributed by atoms with Crippen LogP contribution in [0.15, 0.2) is 42.5 Å². The first-order valence-electron chi connectivity index (χ1n) is 7.39. The Labute approximate surface area is 130 Å². The minimum absolute atomic E-state index is 0.0292. The second kappa shape index (κ2) is 5.72. The zero-order valence-corrected chi connectivity index (χ0v) is 13.3. The van der Waals surface area contributed by atoms with Crippen molar-refractivity contribution in [3.8, 4) is 0 Å². The standard InChI is InChI=1S/C17H19NO3S/c1-18(15-9-10-22(20,21)12-15)17(19)11-14-7-4-6-13-5-2-3-8-16(13)14/h2-8,15H,9-12H2,1H3/t15-/m0/s1. The van der Waals surface area contributed by atoms with E-state index in [1.807, 2.05) is 42.5 Å². The number of rotatable bonds is 3. The lowest BCUT2D eigenvalue weighted by molar-refractivity contribution is -0.130. The fourth-order valence-corrected chi connectivity index (χ4v) is 4.79. The highest BCUT2D eigenvalue weighted by Crippen LogP contribution is 2.21. The maximum absolute atomic E-state index is 12.5. The first kappa shape index (κ1) is 15.0. The third-order valence-corrected chi connectivity index (χ3v) is 6.12. The normalized spacial score (nSPS) is 20.1. The maximum atomic E-state index is 12.5. The number of carbonyl (C=O) groups is 1. The molecular formula is C17H19NO3S. The first-order chi connectivity index (χ1) is 10.5. The largest absolute Gasteiger partial charge is 0.341 e. The van der Waals surface area contributed by atoms with E-state index in [0.29, 0.717) is 12.8 Å². The van der Waals surface area contributed by atoms with Crippen LogP contribution >= 0.6 is 0 Å². The predicted octanol–water partition coefficient (Wildman–Crippen LogP) is 2.03. The molecule has 1 amide bonds. The predicted molar refractivity (Wildman–Crippen MR) is 87.5 cm³/mol. The number of carbonyl (C=O) groups excluding carboxylic acids is 1. The summed E-state index contributed by atoms with van der Waals surface area (Å²) in [7, 11) is -1.27. The Morgan fingerprint density at radius 2 is 1.91 bits per heavy atom. The molecule has 0 saturated carbocycles. The van der Waals surface area contributed by atoms with E-state index in [9.17, 15) is 13.2 Å². The maximum Gasteiger partial charge on any atom is 0.227 e. The van der Waals surface area contributed by atoms with Crippen LogP contribution in [0.5, 0.6) is 0 Å². The number of hydrogen-bond acceptors (Lipinski definition) is 3. The average molecular weight is 317 g/mol. The smallest absolute Gasteiger partial charge is 0.227 e. The lowest BCUT2D eigenvalue weighted by Crippen LogP contribution is -2.38. The van der Waals surface area contributed by atoms with E-state index in [-0.39, 0.29) is 23.5 Å². The topological polar surface area (TPSA) is 54.5 Å². The molecule has 0 aliphatic carbocycles. The second-order valence-electron chi connectivity index (χ2n) is 5.88. The molecular weight excluding hydrogens is 298 g/mol. The number of fused-ring (bicyclic) bond motifs is 1. The molecule has 5 heteroatoms. The van der Waals surface area contributed by atoms with E-state index in [1.165, 1.54) is 0 Å². The minimum atomic E-state index is -2.98. The Bertz CT molecular complexity index is 808. The van der Waals surface area contributed by atoms with Crippen molar-refractivity contribution < 1.29 is 13.2 Å². The Hall–Kier alpha value is -1.88. The van der Waals surface area contributed by atoms with Gasteiger partial charge >= 0.3 is 0 Å². The molecule has 0 spiro atoms. The summed E-state index contributed by atoms with van der Waals surface area (Å²) in [4.78, 5) is 14.1. The number of nitrogens with zero attached hydrogens (tertiary/aromatic N) is 1. The molecule has 2 aromatic rings. The molecule has 1 heterocycles. The summed E-state index contributed by atoms with van der Waals surface area (Å²) < 4.78 is 23.1. The van der Waals surface area contributed by atoms with Gasteiger partial charge in [0.15, 0.2) is 9.84 Å². The van der Waals surface area contributed by atoms with Crippen LogP contribution in [0.25, 0.3) is 10.8 Å². The van der Waals surface area contributed by atoms with Gasteiger partial charge in [-0.05, 0) is 22.8 Å². The Kier molecular flexibility index (Phi) is 3.91. The molecule has 0 aromatic heterocycles. The summed E-state index contributed by atoms with van der Waals surface area (Å²) in [6.07, 6.45) is 0.842. The van der Waals surface area contributed by atoms with Gasteiger partial charge in [0.25, 0.3) is 0 Å². The van der Waals surface area contributed by atoms with Gasteiger partial charge in [-0.2, -0.15) is 0 Å². The van der Waals surface area contributed by atoms with Crippen molar-refractivity contribution in [2.24, 2.45) is 0 Å². The molecule has 22 heavy (non-hydrogen) atoms. The van der Waals surface area contributed by atoms with Crippen LogP contribution in [0, 0.1) is 0 Å². The SMILES string of the molecule is CN(C(=O)Cc1cccc2ccccc12)[C@H]1CCS(=O)(=O)C1. The van der Waals surface area contributed by atoms with E-state index < -0.39 is 9.84 Å². The van der Waals surface area contributed by atoms with Gasteiger partial charge < -0.3 is 4.90 Å². The molecule has 1 aliphatic heterocycles. The quantitative estimate of drug-likeness (QED) is 0.870. The van der Waals surface area contributed by atoms with E-state index in [0.717, 1.165) is 16.3 Å². The van der Waals surface area contributed by atoms with Crippen LogP contribution in [0.4, 0.5) is 0 Å². The molecule has 4 nitrogen and oxygen atoms in total. The Morgan fingerprint density at radius 3 is 2.64 bits per heavy atom. The summed E-state index contributed by atoms with van der Waals surface area (Å²) in [5.41, 5.74) is 0.982. The van der Waals surface area contributed by atoms with Crippen molar-refractivity contribution in [1.82, 2.24) is 4.90 Å². The molecule has 3 rings (SSSR count). The van der Waals surface area contributed by atoms with Crippen molar-refractivity contribution in [3.63, 3.8) is 0 Å². The molecule has 0 N–H and O–H groups in total. The van der Waals surface area contributed by atoms with Crippen LogP contribution in [-0.2, 0) is 21.1 Å². The van der Waals surface area contributed by atoms with Gasteiger partial charge in [-0.15, -0.1) is 0 Å². The monoisotopic (exact) mass is 317 g/mol. The molecule has 1 saturated heterocycles. The molecule has 0 radical (unpaired) electrons. The zero-order chi connectivity index (χ0) is 15.7. The second-order valence-corrected chi connectivity index (χ2v) is 8.11. The van der Waals surface area contributed by atoms with Crippen molar-refractivity contribution >= 4 is 26.5 Å². The highest BCUT2D eigenvalue weighted by atomic mass is 32.2. The summed E-state index contributed by atoms with van der Waals surface area (Å²) >= 11 is 0. The summed E-state index contributed by atoms with van der Waals surface area (Å²) in [6, 6.07) is 13.7. The lowest BCUT2D eigenvalue weighted by Gasteiger charge is -2.23. The summed E-state index contributed by atoms with van der Waals surface area (Å²) in [5, 5.41) is 2.18. The zero-order valence-electron chi connectivity index (χ0n) is 12.5. The Balaban J connectivity index is 1.79. The highest BCUT2D eigenvalue weighted by Gasteiger charge is 2.32. The highest BCUT2D eigenvalue weighted by molar-refractivity contribution is 7.91. The summed E-state index contributed by atoms with van der Waals surface area (Å²) in [6.45, 7) is 0. The lowest BCUT2D eigenvalue weighted by atomic mass is 10.0. The van der Waals surface area contributed by atoms with Crippen LogP contribution in [-0.4, -0.2) is 43.8 Å².